The zero-order valence-electron chi connectivity index (χ0n) is 9.48. The summed E-state index contributed by atoms with van der Waals surface area (Å²) >= 11 is 6.74. The van der Waals surface area contributed by atoms with Crippen LogP contribution in [0.25, 0.3) is 10.2 Å². The molecule has 1 heterocycles. The number of para-hydroxylation sites is 1. The molecular weight excluding hydrogens is 238 g/mol. The summed E-state index contributed by atoms with van der Waals surface area (Å²) < 4.78 is 3.33. The average molecular weight is 251 g/mol. The molecule has 0 saturated heterocycles. The van der Waals surface area contributed by atoms with Crippen LogP contribution in [0.2, 0.25) is 0 Å². The van der Waals surface area contributed by atoms with Gasteiger partial charge in [0.25, 0.3) is 0 Å². The van der Waals surface area contributed by atoms with Crippen molar-refractivity contribution in [3.05, 3.63) is 28.2 Å². The molecule has 0 unspecified atom stereocenters. The Morgan fingerprint density at radius 3 is 2.56 bits per heavy atom. The van der Waals surface area contributed by atoms with E-state index in [2.05, 4.69) is 0 Å². The van der Waals surface area contributed by atoms with Crippen molar-refractivity contribution < 1.29 is 4.79 Å². The van der Waals surface area contributed by atoms with Crippen molar-refractivity contribution in [1.82, 2.24) is 4.57 Å². The fourth-order valence-electron chi connectivity index (χ4n) is 1.49. The van der Waals surface area contributed by atoms with E-state index in [1.54, 1.807) is 4.57 Å². The first-order valence-corrected chi connectivity index (χ1v) is 6.29. The summed E-state index contributed by atoms with van der Waals surface area (Å²) in [6.45, 7) is 5.72. The Labute approximate surface area is 104 Å². The topological polar surface area (TPSA) is 22.0 Å². The minimum atomic E-state index is -0.415. The molecule has 0 radical (unpaired) electrons. The number of thiazole rings is 1. The van der Waals surface area contributed by atoms with Crippen molar-refractivity contribution in [3.63, 3.8) is 0 Å². The van der Waals surface area contributed by atoms with Crippen LogP contribution in [0, 0.1) is 9.37 Å². The van der Waals surface area contributed by atoms with Crippen LogP contribution in [0.1, 0.15) is 25.6 Å². The largest absolute Gasteiger partial charge is 0.273 e. The van der Waals surface area contributed by atoms with Crippen LogP contribution in [0.5, 0.6) is 0 Å². The van der Waals surface area contributed by atoms with Crippen LogP contribution in [0.15, 0.2) is 24.3 Å². The van der Waals surface area contributed by atoms with Crippen molar-refractivity contribution >= 4 is 39.7 Å². The molecule has 2 rings (SSSR count). The maximum atomic E-state index is 12.3. The highest BCUT2D eigenvalue weighted by atomic mass is 32.1. The Morgan fingerprint density at radius 2 is 1.94 bits per heavy atom. The van der Waals surface area contributed by atoms with Crippen molar-refractivity contribution in [2.24, 2.45) is 5.41 Å². The normalized spacial score (nSPS) is 11.9. The minimum Gasteiger partial charge on any atom is -0.273 e. The van der Waals surface area contributed by atoms with Crippen molar-refractivity contribution in [1.29, 1.82) is 0 Å². The second-order valence-electron chi connectivity index (χ2n) is 4.73. The van der Waals surface area contributed by atoms with Gasteiger partial charge in [-0.05, 0) is 24.4 Å². The molecule has 0 aliphatic carbocycles. The maximum Gasteiger partial charge on any atom is 0.238 e. The molecule has 0 spiro atoms. The van der Waals surface area contributed by atoms with Crippen molar-refractivity contribution in [2.45, 2.75) is 20.8 Å². The molecule has 1 aromatic carbocycles. The lowest BCUT2D eigenvalue weighted by Gasteiger charge is -2.17. The lowest BCUT2D eigenvalue weighted by Crippen LogP contribution is -2.26. The maximum absolute atomic E-state index is 12.3. The smallest absolute Gasteiger partial charge is 0.238 e. The first-order chi connectivity index (χ1) is 7.41. The van der Waals surface area contributed by atoms with Crippen LogP contribution < -0.4 is 0 Å². The quantitative estimate of drug-likeness (QED) is 0.657. The van der Waals surface area contributed by atoms with E-state index in [0.717, 1.165) is 10.2 Å². The third-order valence-corrected chi connectivity index (χ3v) is 3.69. The van der Waals surface area contributed by atoms with Crippen LogP contribution in [-0.4, -0.2) is 10.5 Å². The third kappa shape index (κ3) is 1.83. The van der Waals surface area contributed by atoms with Gasteiger partial charge in [-0.1, -0.05) is 32.9 Å². The highest BCUT2D eigenvalue weighted by molar-refractivity contribution is 7.73. The summed E-state index contributed by atoms with van der Waals surface area (Å²) in [6.07, 6.45) is 0. The van der Waals surface area contributed by atoms with Crippen LogP contribution in [0.4, 0.5) is 0 Å². The molecule has 0 aliphatic rings. The Kier molecular flexibility index (Phi) is 2.72. The van der Waals surface area contributed by atoms with E-state index in [-0.39, 0.29) is 5.91 Å². The van der Waals surface area contributed by atoms with Gasteiger partial charge >= 0.3 is 0 Å². The highest BCUT2D eigenvalue weighted by Crippen LogP contribution is 2.26. The van der Waals surface area contributed by atoms with Gasteiger partial charge < -0.3 is 0 Å². The Balaban J connectivity index is 2.74. The minimum absolute atomic E-state index is 0.0509. The number of fused-ring (bicyclic) bond motifs is 1. The number of carbonyl (C=O) groups excluding carboxylic acids is 1. The van der Waals surface area contributed by atoms with Gasteiger partial charge in [-0.2, -0.15) is 0 Å². The Bertz CT molecular complexity index is 601. The number of benzene rings is 1. The van der Waals surface area contributed by atoms with E-state index in [1.807, 2.05) is 45.0 Å². The molecule has 84 valence electrons. The molecule has 2 nitrogen and oxygen atoms in total. The molecule has 2 aromatic rings. The number of aromatic nitrogens is 1. The second-order valence-corrected chi connectivity index (χ2v) is 6.40. The number of carbonyl (C=O) groups is 1. The molecule has 4 heteroatoms. The van der Waals surface area contributed by atoms with Crippen LogP contribution >= 0.6 is 23.6 Å². The van der Waals surface area contributed by atoms with E-state index in [9.17, 15) is 4.79 Å². The van der Waals surface area contributed by atoms with Gasteiger partial charge in [0.15, 0.2) is 3.95 Å². The predicted octanol–water partition coefficient (Wildman–Crippen LogP) is 4.12. The van der Waals surface area contributed by atoms with Gasteiger partial charge in [-0.25, -0.2) is 0 Å². The predicted molar refractivity (Wildman–Crippen MR) is 70.7 cm³/mol. The SMILES string of the molecule is CC(C)(C)C(=O)n1c(=S)sc2ccccc21. The number of hydrogen-bond donors (Lipinski definition) is 0. The van der Waals surface area contributed by atoms with E-state index in [1.165, 1.54) is 11.3 Å². The number of hydrogen-bond acceptors (Lipinski definition) is 3. The number of rotatable bonds is 0. The van der Waals surface area contributed by atoms with Gasteiger partial charge in [0.1, 0.15) is 0 Å². The lowest BCUT2D eigenvalue weighted by atomic mass is 9.95. The number of nitrogens with zero attached hydrogens (tertiary/aromatic N) is 1. The molecule has 16 heavy (non-hydrogen) atoms. The van der Waals surface area contributed by atoms with Crippen molar-refractivity contribution in [3.8, 4) is 0 Å². The summed E-state index contributed by atoms with van der Waals surface area (Å²) in [4.78, 5) is 12.3. The summed E-state index contributed by atoms with van der Waals surface area (Å²) in [6, 6.07) is 7.81. The lowest BCUT2D eigenvalue weighted by molar-refractivity contribution is 0.0772. The van der Waals surface area contributed by atoms with E-state index >= 15 is 0 Å². The third-order valence-electron chi connectivity index (χ3n) is 2.33. The van der Waals surface area contributed by atoms with Gasteiger partial charge in [0.2, 0.25) is 5.91 Å². The van der Waals surface area contributed by atoms with Gasteiger partial charge in [0, 0.05) is 5.41 Å². The fourth-order valence-corrected chi connectivity index (χ4v) is 2.82. The fraction of sp³-hybridized carbons (Fsp3) is 0.333. The molecule has 1 aromatic heterocycles. The van der Waals surface area contributed by atoms with E-state index in [4.69, 9.17) is 12.2 Å². The van der Waals surface area contributed by atoms with Crippen LogP contribution in [-0.2, 0) is 0 Å². The van der Waals surface area contributed by atoms with E-state index < -0.39 is 5.41 Å². The summed E-state index contributed by atoms with van der Waals surface area (Å²) in [5.41, 5.74) is 0.500. The van der Waals surface area contributed by atoms with E-state index in [0.29, 0.717) is 3.95 Å². The van der Waals surface area contributed by atoms with Gasteiger partial charge in [-0.15, -0.1) is 11.3 Å². The van der Waals surface area contributed by atoms with Crippen LogP contribution in [0.3, 0.4) is 0 Å². The summed E-state index contributed by atoms with van der Waals surface area (Å²) in [7, 11) is 0. The zero-order valence-corrected chi connectivity index (χ0v) is 11.1. The monoisotopic (exact) mass is 251 g/mol. The Morgan fingerprint density at radius 1 is 1.31 bits per heavy atom. The summed E-state index contributed by atoms with van der Waals surface area (Å²) in [5.74, 6) is 0.0509. The zero-order chi connectivity index (χ0) is 11.9. The molecule has 0 bridgehead atoms. The molecule has 0 aliphatic heterocycles. The molecule has 0 N–H and O–H groups in total. The molecular formula is C12H13NOS2. The van der Waals surface area contributed by atoms with Gasteiger partial charge in [-0.3, -0.25) is 9.36 Å². The summed E-state index contributed by atoms with van der Waals surface area (Å²) in [5, 5.41) is 0. The first kappa shape index (κ1) is 11.5. The standard InChI is InChI=1S/C12H13NOS2/c1-12(2,3)10(14)13-8-6-4-5-7-9(8)16-11(13)15/h4-7H,1-3H3. The van der Waals surface area contributed by atoms with Gasteiger partial charge in [0.05, 0.1) is 10.2 Å². The molecule has 0 fully saturated rings. The molecule has 0 atom stereocenters. The average Bonchev–Trinajstić information content (AvgIpc) is 2.51. The van der Waals surface area contributed by atoms with Crippen molar-refractivity contribution in [2.75, 3.05) is 0 Å². The molecule has 0 saturated carbocycles. The Hall–Kier alpha value is -1.00. The molecule has 0 amide bonds. The second kappa shape index (κ2) is 3.79. The highest BCUT2D eigenvalue weighted by Gasteiger charge is 2.25. The first-order valence-electron chi connectivity index (χ1n) is 5.06.